The molecule has 0 unspecified atom stereocenters. The maximum atomic E-state index is 15.2. The van der Waals surface area contributed by atoms with Crippen LogP contribution in [0, 0.1) is 0 Å². The number of nitrogens with zero attached hydrogens (tertiary/aromatic N) is 8. The van der Waals surface area contributed by atoms with Crippen LogP contribution in [-0.2, 0) is 4.57 Å². The van der Waals surface area contributed by atoms with Crippen LogP contribution in [0.1, 0.15) is 0 Å². The largest absolute Gasteiger partial charge is 0.309 e. The molecule has 0 N–H and O–H groups in total. The lowest BCUT2D eigenvalue weighted by Gasteiger charge is -2.20. The third-order valence-corrected chi connectivity index (χ3v) is 28.0. The van der Waals surface area contributed by atoms with Crippen molar-refractivity contribution in [1.29, 1.82) is 0 Å². The second-order valence-electron chi connectivity index (χ2n) is 31.4. The molecule has 0 aliphatic carbocycles. The Balaban J connectivity index is 0.000000150. The summed E-state index contributed by atoms with van der Waals surface area (Å²) in [4.78, 5) is 41.6. The van der Waals surface area contributed by atoms with E-state index in [-0.39, 0.29) is 0 Å². The predicted octanol–water partition coefficient (Wildman–Crippen LogP) is 28.8. The highest BCUT2D eigenvalue weighted by Crippen LogP contribution is 2.48. The van der Waals surface area contributed by atoms with Gasteiger partial charge < -0.3 is 4.57 Å². The number of benzene rings is 18. The molecule has 9 nitrogen and oxygen atoms in total. The molecule has 0 bridgehead atoms. The van der Waals surface area contributed by atoms with Crippen molar-refractivity contribution >= 4 is 97.9 Å². The summed E-state index contributed by atoms with van der Waals surface area (Å²) in [7, 11) is -3.17. The van der Waals surface area contributed by atoms with E-state index < -0.39 is 7.14 Å². The molecule has 0 radical (unpaired) electrons. The number of fused-ring (bicyclic) bond motifs is 9. The van der Waals surface area contributed by atoms with Crippen molar-refractivity contribution in [3.8, 4) is 146 Å². The zero-order valence-electron chi connectivity index (χ0n) is 68.6. The van der Waals surface area contributed by atoms with Gasteiger partial charge in [0.15, 0.2) is 42.1 Å². The summed E-state index contributed by atoms with van der Waals surface area (Å²) in [5, 5.41) is 11.7. The van der Waals surface area contributed by atoms with Crippen LogP contribution in [0.4, 0.5) is 0 Å². The van der Waals surface area contributed by atoms with Crippen molar-refractivity contribution in [2.45, 2.75) is 0 Å². The summed E-state index contributed by atoms with van der Waals surface area (Å²) in [6.07, 6.45) is 0. The predicted molar refractivity (Wildman–Crippen MR) is 528 cm³/mol. The molecular formula is C116H75N8OPS. The van der Waals surface area contributed by atoms with Crippen LogP contribution in [-0.4, -0.2) is 39.9 Å². The summed E-state index contributed by atoms with van der Waals surface area (Å²) in [6, 6.07) is 156. The average Bonchev–Trinajstić information content (AvgIpc) is 1.49. The molecule has 23 aromatic rings. The summed E-state index contributed by atoms with van der Waals surface area (Å²) in [5.41, 5.74) is 22.3. The fraction of sp³-hybridized carbons (Fsp3) is 0. The van der Waals surface area contributed by atoms with Gasteiger partial charge in [0.1, 0.15) is 0 Å². The van der Waals surface area contributed by atoms with Crippen molar-refractivity contribution in [2.75, 3.05) is 0 Å². The van der Waals surface area contributed by atoms with E-state index in [0.29, 0.717) is 34.9 Å². The SMILES string of the molecule is O=P(c1ccccc1)(c1ccccc1)c1ccc(-c2nc(-c3ccccc3)nc(-c3cccc(-c4cccc5c4nc(-c4ccccc4)c4cccc(-c6ccccc6)c45)c3)n2)cc1.c1ccc(-c2nc(-c3ccc(-c4cccc5c4sc4ccccc45)cc3)nc(-c3cccc(-c4cccc5c4nc(-c4ccccc4)c4cccc(-c6ccccc6)c45)c3)n2)cc1. The Labute approximate surface area is 738 Å². The fourth-order valence-corrected chi connectivity index (χ4v) is 21.5. The first kappa shape index (κ1) is 76.9. The number of hydrogen-bond donors (Lipinski definition) is 0. The molecule has 5 aromatic heterocycles. The van der Waals surface area contributed by atoms with E-state index in [1.165, 1.54) is 47.6 Å². The highest BCUT2D eigenvalue weighted by atomic mass is 32.1. The van der Waals surface area contributed by atoms with E-state index in [1.54, 1.807) is 0 Å². The van der Waals surface area contributed by atoms with Gasteiger partial charge in [-0.3, -0.25) is 0 Å². The standard InChI is InChI=1S/C58H39N4OP.C58H36N4S/c63-64(46-27-12-4-13-28-46,47-29-14-5-15-30-47)48-37-35-43(36-38-48)57-60-56(42-23-10-3-11-24-42)61-58(62-57)45-26-16-25-44(39-45)50-32-18-34-52-53-49(40-19-6-1-7-20-40)31-17-33-51(53)54(59-55(50)52)41-21-8-2-9-22-41;1-4-16-37(17-5-1)44-25-13-29-49-52(44)50-30-14-26-45(54(50)59-53(49)39-18-6-2-7-19-39)42-22-12-23-43(36-42)58-61-56(40-20-8-3-9-21-40)60-57(62-58)41-34-32-38(33-35-41)46-27-15-28-48-47-24-10-11-31-51(47)63-55(46)48/h1-39H;1-36H. The Morgan fingerprint density at radius 3 is 0.866 bits per heavy atom. The first-order valence-corrected chi connectivity index (χ1v) is 45.0. The molecule has 11 heteroatoms. The van der Waals surface area contributed by atoms with E-state index in [0.717, 1.165) is 143 Å². The second-order valence-corrected chi connectivity index (χ2v) is 35.3. The Morgan fingerprint density at radius 1 is 0.181 bits per heavy atom. The lowest BCUT2D eigenvalue weighted by Crippen LogP contribution is -2.24. The minimum atomic E-state index is -3.17. The average molecular weight is 1660 g/mol. The van der Waals surface area contributed by atoms with Gasteiger partial charge in [-0.05, 0) is 62.7 Å². The Hall–Kier alpha value is -16.2. The first-order valence-electron chi connectivity index (χ1n) is 42.5. The molecule has 0 aliphatic heterocycles. The van der Waals surface area contributed by atoms with E-state index in [4.69, 9.17) is 39.9 Å². The van der Waals surface area contributed by atoms with Gasteiger partial charge in [0.05, 0.1) is 22.4 Å². The zero-order chi connectivity index (χ0) is 84.6. The lowest BCUT2D eigenvalue weighted by molar-refractivity contribution is 0.592. The summed E-state index contributed by atoms with van der Waals surface area (Å²) in [5.74, 6) is 3.48. The minimum absolute atomic E-state index is 0.523. The van der Waals surface area contributed by atoms with Crippen molar-refractivity contribution in [3.63, 3.8) is 0 Å². The van der Waals surface area contributed by atoms with E-state index in [9.17, 15) is 0 Å². The van der Waals surface area contributed by atoms with Crippen LogP contribution in [0.2, 0.25) is 0 Å². The number of hydrogen-bond acceptors (Lipinski definition) is 10. The number of rotatable bonds is 16. The van der Waals surface area contributed by atoms with Crippen LogP contribution in [0.3, 0.4) is 0 Å². The molecular weight excluding hydrogens is 1580 g/mol. The highest BCUT2D eigenvalue weighted by molar-refractivity contribution is 7.85. The topological polar surface area (TPSA) is 120 Å². The maximum absolute atomic E-state index is 15.2. The molecule has 127 heavy (non-hydrogen) atoms. The molecule has 18 aromatic carbocycles. The fourth-order valence-electron chi connectivity index (χ4n) is 17.6. The number of aromatic nitrogens is 8. The van der Waals surface area contributed by atoms with E-state index in [2.05, 4.69) is 297 Å². The Kier molecular flexibility index (Phi) is 20.3. The van der Waals surface area contributed by atoms with Crippen LogP contribution in [0.15, 0.2) is 455 Å². The number of thiophene rings is 1. The van der Waals surface area contributed by atoms with Gasteiger partial charge in [-0.25, -0.2) is 39.9 Å². The second kappa shape index (κ2) is 33.5. The lowest BCUT2D eigenvalue weighted by atomic mass is 9.91. The molecule has 5 heterocycles. The van der Waals surface area contributed by atoms with E-state index in [1.807, 2.05) is 169 Å². The van der Waals surface area contributed by atoms with Crippen molar-refractivity contribution < 1.29 is 4.57 Å². The molecule has 0 saturated carbocycles. The first-order chi connectivity index (χ1) is 62.8. The molecule has 0 saturated heterocycles. The Morgan fingerprint density at radius 2 is 0.449 bits per heavy atom. The third-order valence-electron chi connectivity index (χ3n) is 23.7. The Bertz CT molecular complexity index is 8080. The van der Waals surface area contributed by atoms with Crippen LogP contribution < -0.4 is 15.9 Å². The monoisotopic (exact) mass is 1660 g/mol. The molecule has 0 fully saturated rings. The van der Waals surface area contributed by atoms with Gasteiger partial charge in [-0.15, -0.1) is 11.3 Å². The molecule has 23 rings (SSSR count). The number of pyridine rings is 2. The zero-order valence-corrected chi connectivity index (χ0v) is 70.4. The van der Waals surface area contributed by atoms with Gasteiger partial charge in [0.2, 0.25) is 0 Å². The van der Waals surface area contributed by atoms with Gasteiger partial charge in [0, 0.05) is 124 Å². The van der Waals surface area contributed by atoms with Crippen molar-refractivity contribution in [3.05, 3.63) is 455 Å². The van der Waals surface area contributed by atoms with Gasteiger partial charge >= 0.3 is 0 Å². The summed E-state index contributed by atoms with van der Waals surface area (Å²) < 4.78 is 17.8. The van der Waals surface area contributed by atoms with Gasteiger partial charge in [-0.1, -0.05) is 437 Å². The van der Waals surface area contributed by atoms with Crippen LogP contribution in [0.5, 0.6) is 0 Å². The number of para-hydroxylation sites is 2. The maximum Gasteiger partial charge on any atom is 0.171 e. The minimum Gasteiger partial charge on any atom is -0.309 e. The van der Waals surface area contributed by atoms with Gasteiger partial charge in [0.25, 0.3) is 0 Å². The normalized spacial score (nSPS) is 11.5. The molecule has 0 aliphatic rings. The molecule has 0 atom stereocenters. The summed E-state index contributed by atoms with van der Waals surface area (Å²) in [6.45, 7) is 0. The quantitative estimate of drug-likeness (QED) is 0.0688. The van der Waals surface area contributed by atoms with Crippen molar-refractivity contribution in [1.82, 2.24) is 39.9 Å². The van der Waals surface area contributed by atoms with E-state index >= 15 is 4.57 Å². The molecule has 0 spiro atoms. The van der Waals surface area contributed by atoms with Gasteiger partial charge in [-0.2, -0.15) is 0 Å². The molecule has 596 valence electrons. The van der Waals surface area contributed by atoms with Crippen LogP contribution in [0.25, 0.3) is 210 Å². The molecule has 0 amide bonds. The third kappa shape index (κ3) is 14.7. The highest BCUT2D eigenvalue weighted by Gasteiger charge is 2.31. The summed E-state index contributed by atoms with van der Waals surface area (Å²) >= 11 is 1.85. The van der Waals surface area contributed by atoms with Crippen LogP contribution >= 0.6 is 18.5 Å². The smallest absolute Gasteiger partial charge is 0.171 e. The van der Waals surface area contributed by atoms with Crippen molar-refractivity contribution in [2.24, 2.45) is 0 Å².